The predicted molar refractivity (Wildman–Crippen MR) is 67.4 cm³/mol. The Morgan fingerprint density at radius 3 is 2.71 bits per heavy atom. The smallest absolute Gasteiger partial charge is 0.221 e. The molecule has 0 aliphatic heterocycles. The van der Waals surface area contributed by atoms with Crippen molar-refractivity contribution >= 4 is 5.91 Å². The van der Waals surface area contributed by atoms with E-state index in [1.54, 1.807) is 6.26 Å². The summed E-state index contributed by atoms with van der Waals surface area (Å²) in [6.07, 6.45) is 2.72. The van der Waals surface area contributed by atoms with Crippen LogP contribution < -0.4 is 11.1 Å². The molecule has 3 N–H and O–H groups in total. The van der Waals surface area contributed by atoms with Gasteiger partial charge in [-0.15, -0.1) is 0 Å². The van der Waals surface area contributed by atoms with E-state index in [2.05, 4.69) is 5.32 Å². The minimum absolute atomic E-state index is 0.00487. The first-order chi connectivity index (χ1) is 7.99. The second-order valence-corrected chi connectivity index (χ2v) is 4.86. The third kappa shape index (κ3) is 5.04. The molecule has 0 aromatic carbocycles. The van der Waals surface area contributed by atoms with Gasteiger partial charge in [0.1, 0.15) is 5.76 Å². The van der Waals surface area contributed by atoms with Crippen LogP contribution in [0, 0.1) is 5.92 Å². The number of hydrogen-bond acceptors (Lipinski definition) is 3. The number of furan rings is 1. The quantitative estimate of drug-likeness (QED) is 0.792. The van der Waals surface area contributed by atoms with Crippen molar-refractivity contribution in [2.75, 3.05) is 0 Å². The lowest BCUT2D eigenvalue weighted by atomic mass is 10.0. The predicted octanol–water partition coefficient (Wildman–Crippen LogP) is 1.70. The van der Waals surface area contributed by atoms with Crippen molar-refractivity contribution in [1.29, 1.82) is 0 Å². The maximum atomic E-state index is 11.7. The number of nitrogens with one attached hydrogen (secondary N) is 1. The van der Waals surface area contributed by atoms with E-state index in [4.69, 9.17) is 10.2 Å². The summed E-state index contributed by atoms with van der Waals surface area (Å²) in [7, 11) is 0. The van der Waals surface area contributed by atoms with Gasteiger partial charge in [-0.1, -0.05) is 13.8 Å². The Balaban J connectivity index is 2.31. The Morgan fingerprint density at radius 2 is 2.18 bits per heavy atom. The highest BCUT2D eigenvalue weighted by molar-refractivity contribution is 5.76. The van der Waals surface area contributed by atoms with Crippen molar-refractivity contribution in [3.63, 3.8) is 0 Å². The molecule has 0 aliphatic rings. The maximum absolute atomic E-state index is 11.7. The molecule has 4 heteroatoms. The van der Waals surface area contributed by atoms with Gasteiger partial charge in [0.05, 0.1) is 6.26 Å². The molecule has 1 aromatic heterocycles. The summed E-state index contributed by atoms with van der Waals surface area (Å²) in [5.74, 6) is 1.21. The number of hydrogen-bond donors (Lipinski definition) is 2. The molecule has 0 aliphatic carbocycles. The zero-order chi connectivity index (χ0) is 12.8. The monoisotopic (exact) mass is 238 g/mol. The highest BCUT2D eigenvalue weighted by atomic mass is 16.3. The standard InChI is InChI=1S/C13H22N2O2/c1-9(2)12(14)8-13(16)15-10(3)7-11-5-4-6-17-11/h4-6,9-10,12H,7-8,14H2,1-3H3,(H,15,16). The van der Waals surface area contributed by atoms with Crippen molar-refractivity contribution in [2.45, 2.75) is 45.7 Å². The fraction of sp³-hybridized carbons (Fsp3) is 0.615. The van der Waals surface area contributed by atoms with Gasteiger partial charge in [0.25, 0.3) is 0 Å². The molecule has 96 valence electrons. The first kappa shape index (κ1) is 13.8. The molecule has 17 heavy (non-hydrogen) atoms. The van der Waals surface area contributed by atoms with Gasteiger partial charge in [0.15, 0.2) is 0 Å². The average molecular weight is 238 g/mol. The van der Waals surface area contributed by atoms with E-state index < -0.39 is 0 Å². The summed E-state index contributed by atoms with van der Waals surface area (Å²) in [6, 6.07) is 3.74. The van der Waals surface area contributed by atoms with Crippen LogP contribution in [0.3, 0.4) is 0 Å². The highest BCUT2D eigenvalue weighted by Gasteiger charge is 2.15. The van der Waals surface area contributed by atoms with Crippen LogP contribution in [0.1, 0.15) is 33.0 Å². The van der Waals surface area contributed by atoms with Gasteiger partial charge < -0.3 is 15.5 Å². The summed E-state index contributed by atoms with van der Waals surface area (Å²) < 4.78 is 5.23. The summed E-state index contributed by atoms with van der Waals surface area (Å²) in [5.41, 5.74) is 5.85. The Bertz CT molecular complexity index is 333. The molecule has 0 fully saturated rings. The minimum atomic E-state index is -0.0780. The zero-order valence-electron chi connectivity index (χ0n) is 10.8. The molecule has 0 saturated carbocycles. The first-order valence-corrected chi connectivity index (χ1v) is 6.06. The summed E-state index contributed by atoms with van der Waals surface area (Å²) >= 11 is 0. The molecule has 0 spiro atoms. The molecule has 1 amide bonds. The van der Waals surface area contributed by atoms with E-state index in [-0.39, 0.29) is 18.0 Å². The van der Waals surface area contributed by atoms with Gasteiger partial charge in [-0.2, -0.15) is 0 Å². The van der Waals surface area contributed by atoms with Crippen LogP contribution in [0.2, 0.25) is 0 Å². The number of nitrogens with two attached hydrogens (primary N) is 1. The molecule has 0 radical (unpaired) electrons. The Kier molecular flexibility index (Phi) is 5.22. The van der Waals surface area contributed by atoms with Crippen LogP contribution >= 0.6 is 0 Å². The minimum Gasteiger partial charge on any atom is -0.469 e. The fourth-order valence-corrected chi connectivity index (χ4v) is 1.57. The van der Waals surface area contributed by atoms with Gasteiger partial charge in [0, 0.05) is 24.9 Å². The SMILES string of the molecule is CC(Cc1ccco1)NC(=O)CC(N)C(C)C. The van der Waals surface area contributed by atoms with Gasteiger partial charge in [0.2, 0.25) is 5.91 Å². The molecule has 2 atom stereocenters. The summed E-state index contributed by atoms with van der Waals surface area (Å²) in [5, 5.41) is 2.92. The van der Waals surface area contributed by atoms with Gasteiger partial charge in [-0.3, -0.25) is 4.79 Å². The first-order valence-electron chi connectivity index (χ1n) is 6.06. The Morgan fingerprint density at radius 1 is 1.47 bits per heavy atom. The Hall–Kier alpha value is -1.29. The van der Waals surface area contributed by atoms with Crippen LogP contribution in [-0.2, 0) is 11.2 Å². The van der Waals surface area contributed by atoms with E-state index in [1.807, 2.05) is 32.9 Å². The van der Waals surface area contributed by atoms with Crippen molar-refractivity contribution in [3.8, 4) is 0 Å². The number of carbonyl (C=O) groups excluding carboxylic acids is 1. The largest absolute Gasteiger partial charge is 0.469 e. The molecule has 1 aromatic rings. The van der Waals surface area contributed by atoms with Crippen LogP contribution in [0.25, 0.3) is 0 Å². The van der Waals surface area contributed by atoms with E-state index in [0.717, 1.165) is 5.76 Å². The molecule has 0 saturated heterocycles. The van der Waals surface area contributed by atoms with Gasteiger partial charge >= 0.3 is 0 Å². The van der Waals surface area contributed by atoms with E-state index in [0.29, 0.717) is 18.8 Å². The molecule has 2 unspecified atom stereocenters. The van der Waals surface area contributed by atoms with Crippen LogP contribution in [0.5, 0.6) is 0 Å². The van der Waals surface area contributed by atoms with Crippen molar-refractivity contribution in [3.05, 3.63) is 24.2 Å². The number of carbonyl (C=O) groups is 1. The van der Waals surface area contributed by atoms with Crippen LogP contribution in [-0.4, -0.2) is 18.0 Å². The normalized spacial score (nSPS) is 14.6. The number of rotatable bonds is 6. The van der Waals surface area contributed by atoms with E-state index in [1.165, 1.54) is 0 Å². The van der Waals surface area contributed by atoms with Crippen molar-refractivity contribution in [1.82, 2.24) is 5.32 Å². The molecule has 1 heterocycles. The zero-order valence-corrected chi connectivity index (χ0v) is 10.8. The van der Waals surface area contributed by atoms with Crippen LogP contribution in [0.15, 0.2) is 22.8 Å². The summed E-state index contributed by atoms with van der Waals surface area (Å²) in [6.45, 7) is 6.00. The maximum Gasteiger partial charge on any atom is 0.221 e. The molecule has 4 nitrogen and oxygen atoms in total. The highest BCUT2D eigenvalue weighted by Crippen LogP contribution is 2.06. The lowest BCUT2D eigenvalue weighted by molar-refractivity contribution is -0.122. The second-order valence-electron chi connectivity index (χ2n) is 4.86. The van der Waals surface area contributed by atoms with Gasteiger partial charge in [-0.05, 0) is 25.0 Å². The molecule has 0 bridgehead atoms. The molecular formula is C13H22N2O2. The second kappa shape index (κ2) is 6.45. The van der Waals surface area contributed by atoms with Crippen LogP contribution in [0.4, 0.5) is 0 Å². The fourth-order valence-electron chi connectivity index (χ4n) is 1.57. The molecular weight excluding hydrogens is 216 g/mol. The lowest BCUT2D eigenvalue weighted by Crippen LogP contribution is -2.39. The van der Waals surface area contributed by atoms with Crippen molar-refractivity contribution in [2.24, 2.45) is 11.7 Å². The summed E-state index contributed by atoms with van der Waals surface area (Å²) in [4.78, 5) is 11.7. The van der Waals surface area contributed by atoms with E-state index in [9.17, 15) is 4.79 Å². The van der Waals surface area contributed by atoms with E-state index >= 15 is 0 Å². The molecule has 1 rings (SSSR count). The average Bonchev–Trinajstić information content (AvgIpc) is 2.69. The Labute approximate surface area is 103 Å². The topological polar surface area (TPSA) is 68.3 Å². The van der Waals surface area contributed by atoms with Gasteiger partial charge in [-0.25, -0.2) is 0 Å². The van der Waals surface area contributed by atoms with Crippen molar-refractivity contribution < 1.29 is 9.21 Å². The third-order valence-corrected chi connectivity index (χ3v) is 2.77. The third-order valence-electron chi connectivity index (χ3n) is 2.77. The lowest BCUT2D eigenvalue weighted by Gasteiger charge is -2.17. The number of amides is 1.